The van der Waals surface area contributed by atoms with Gasteiger partial charge in [-0.25, -0.2) is 0 Å². The number of hydrogen-bond donors (Lipinski definition) is 1. The van der Waals surface area contributed by atoms with Crippen LogP contribution in [-0.4, -0.2) is 18.9 Å². The average Bonchev–Trinajstić information content (AvgIpc) is 2.61. The molecule has 0 saturated carbocycles. The normalized spacial score (nSPS) is 30.0. The molecule has 0 amide bonds. The zero-order chi connectivity index (χ0) is 8.43. The van der Waals surface area contributed by atoms with E-state index in [1.807, 2.05) is 0 Å². The Labute approximate surface area is 69.3 Å². The maximum Gasteiger partial charge on any atom is 0.135 e. The summed E-state index contributed by atoms with van der Waals surface area (Å²) in [6.07, 6.45) is 0.811. The summed E-state index contributed by atoms with van der Waals surface area (Å²) in [7, 11) is 0. The van der Waals surface area contributed by atoms with Gasteiger partial charge in [-0.2, -0.15) is 0 Å². The minimum Gasteiger partial charge on any atom is -0.353 e. The SMILES string of the molecule is CC(C)CNC1OC1C(C)C. The fourth-order valence-corrected chi connectivity index (χ4v) is 1.15. The summed E-state index contributed by atoms with van der Waals surface area (Å²) in [5, 5.41) is 3.37. The molecule has 11 heavy (non-hydrogen) atoms. The van der Waals surface area contributed by atoms with Gasteiger partial charge in [0.1, 0.15) is 12.3 Å². The monoisotopic (exact) mass is 157 g/mol. The Bertz CT molecular complexity index is 123. The number of ether oxygens (including phenoxy) is 1. The van der Waals surface area contributed by atoms with Crippen LogP contribution < -0.4 is 5.32 Å². The smallest absolute Gasteiger partial charge is 0.135 e. The summed E-state index contributed by atoms with van der Waals surface area (Å²) in [6, 6.07) is 0. The van der Waals surface area contributed by atoms with Crippen LogP contribution in [0.15, 0.2) is 0 Å². The van der Waals surface area contributed by atoms with Crippen molar-refractivity contribution in [2.45, 2.75) is 40.0 Å². The highest BCUT2D eigenvalue weighted by Crippen LogP contribution is 2.26. The topological polar surface area (TPSA) is 24.6 Å². The van der Waals surface area contributed by atoms with Gasteiger partial charge < -0.3 is 4.74 Å². The molecule has 1 aliphatic heterocycles. The molecule has 2 unspecified atom stereocenters. The standard InChI is InChI=1S/C9H19NO/c1-6(2)5-10-9-8(11-9)7(3)4/h6-10H,5H2,1-4H3. The lowest BCUT2D eigenvalue weighted by molar-refractivity contribution is 0.315. The maximum absolute atomic E-state index is 5.42. The Morgan fingerprint density at radius 3 is 2.27 bits per heavy atom. The molecule has 1 heterocycles. The van der Waals surface area contributed by atoms with Gasteiger partial charge >= 0.3 is 0 Å². The van der Waals surface area contributed by atoms with Crippen LogP contribution in [0.1, 0.15) is 27.7 Å². The quantitative estimate of drug-likeness (QED) is 0.627. The highest BCUT2D eigenvalue weighted by molar-refractivity contribution is 4.84. The Morgan fingerprint density at radius 1 is 1.27 bits per heavy atom. The highest BCUT2D eigenvalue weighted by Gasteiger charge is 2.40. The molecule has 0 bridgehead atoms. The molecule has 0 aromatic heterocycles. The molecule has 1 fully saturated rings. The molecular formula is C9H19NO. The molecule has 0 spiro atoms. The molecule has 2 atom stereocenters. The zero-order valence-electron chi connectivity index (χ0n) is 7.92. The van der Waals surface area contributed by atoms with Gasteiger partial charge in [-0.3, -0.25) is 5.32 Å². The van der Waals surface area contributed by atoms with Gasteiger partial charge in [0.25, 0.3) is 0 Å². The summed E-state index contributed by atoms with van der Waals surface area (Å²) < 4.78 is 5.42. The van der Waals surface area contributed by atoms with Crippen LogP contribution in [0.3, 0.4) is 0 Å². The van der Waals surface area contributed by atoms with E-state index in [4.69, 9.17) is 4.74 Å². The van der Waals surface area contributed by atoms with E-state index in [1.165, 1.54) is 0 Å². The Kier molecular flexibility index (Phi) is 2.90. The predicted molar refractivity (Wildman–Crippen MR) is 46.3 cm³/mol. The third-order valence-electron chi connectivity index (χ3n) is 1.91. The minimum absolute atomic E-state index is 0.345. The van der Waals surface area contributed by atoms with E-state index in [1.54, 1.807) is 0 Å². The Morgan fingerprint density at radius 2 is 1.91 bits per heavy atom. The molecule has 2 nitrogen and oxygen atoms in total. The summed E-state index contributed by atoms with van der Waals surface area (Å²) in [5.41, 5.74) is 0. The molecule has 1 saturated heterocycles. The number of rotatable bonds is 4. The van der Waals surface area contributed by atoms with Gasteiger partial charge in [-0.1, -0.05) is 27.7 Å². The molecule has 66 valence electrons. The second-order valence-corrected chi connectivity index (χ2v) is 4.07. The zero-order valence-corrected chi connectivity index (χ0v) is 7.92. The van der Waals surface area contributed by atoms with Gasteiger partial charge in [0.15, 0.2) is 0 Å². The summed E-state index contributed by atoms with van der Waals surface area (Å²) in [6.45, 7) is 9.87. The molecule has 2 heteroatoms. The second kappa shape index (κ2) is 3.55. The van der Waals surface area contributed by atoms with Crippen molar-refractivity contribution in [2.24, 2.45) is 11.8 Å². The third kappa shape index (κ3) is 2.80. The first-order valence-electron chi connectivity index (χ1n) is 4.50. The van der Waals surface area contributed by atoms with E-state index in [0.717, 1.165) is 6.54 Å². The highest BCUT2D eigenvalue weighted by atomic mass is 16.6. The first-order valence-corrected chi connectivity index (χ1v) is 4.50. The van der Waals surface area contributed by atoms with Crippen molar-refractivity contribution in [2.75, 3.05) is 6.54 Å². The molecule has 1 aliphatic rings. The summed E-state index contributed by atoms with van der Waals surface area (Å²) in [4.78, 5) is 0. The lowest BCUT2D eigenvalue weighted by Crippen LogP contribution is -2.25. The lowest BCUT2D eigenvalue weighted by Gasteiger charge is -2.04. The van der Waals surface area contributed by atoms with E-state index < -0.39 is 0 Å². The van der Waals surface area contributed by atoms with Gasteiger partial charge in [0, 0.05) is 0 Å². The molecule has 1 N–H and O–H groups in total. The Hall–Kier alpha value is -0.0800. The van der Waals surface area contributed by atoms with Crippen molar-refractivity contribution in [1.82, 2.24) is 5.32 Å². The third-order valence-corrected chi connectivity index (χ3v) is 1.91. The largest absolute Gasteiger partial charge is 0.353 e. The van der Waals surface area contributed by atoms with Gasteiger partial charge in [0.05, 0.1) is 0 Å². The van der Waals surface area contributed by atoms with Crippen molar-refractivity contribution in [3.8, 4) is 0 Å². The van der Waals surface area contributed by atoms with Crippen molar-refractivity contribution in [1.29, 1.82) is 0 Å². The fourth-order valence-electron chi connectivity index (χ4n) is 1.15. The van der Waals surface area contributed by atoms with Gasteiger partial charge in [0.2, 0.25) is 0 Å². The van der Waals surface area contributed by atoms with Gasteiger partial charge in [-0.05, 0) is 18.4 Å². The minimum atomic E-state index is 0.345. The Balaban J connectivity index is 2.04. The number of nitrogens with one attached hydrogen (secondary N) is 1. The van der Waals surface area contributed by atoms with Crippen LogP contribution >= 0.6 is 0 Å². The summed E-state index contributed by atoms with van der Waals surface area (Å²) in [5.74, 6) is 1.37. The van der Waals surface area contributed by atoms with Crippen molar-refractivity contribution < 1.29 is 4.74 Å². The van der Waals surface area contributed by atoms with Crippen LogP contribution in [-0.2, 0) is 4.74 Å². The van der Waals surface area contributed by atoms with Crippen LogP contribution in [0.2, 0.25) is 0 Å². The number of epoxide rings is 1. The summed E-state index contributed by atoms with van der Waals surface area (Å²) >= 11 is 0. The van der Waals surface area contributed by atoms with E-state index in [2.05, 4.69) is 33.0 Å². The van der Waals surface area contributed by atoms with Gasteiger partial charge in [-0.15, -0.1) is 0 Å². The van der Waals surface area contributed by atoms with E-state index in [0.29, 0.717) is 24.2 Å². The number of hydrogen-bond acceptors (Lipinski definition) is 2. The van der Waals surface area contributed by atoms with E-state index in [-0.39, 0.29) is 0 Å². The molecule has 0 aromatic rings. The van der Waals surface area contributed by atoms with Crippen molar-refractivity contribution in [3.05, 3.63) is 0 Å². The van der Waals surface area contributed by atoms with Crippen LogP contribution in [0.5, 0.6) is 0 Å². The van der Waals surface area contributed by atoms with Crippen LogP contribution in [0, 0.1) is 11.8 Å². The fraction of sp³-hybridized carbons (Fsp3) is 1.00. The molecule has 0 radical (unpaired) electrons. The first kappa shape index (κ1) is 9.01. The van der Waals surface area contributed by atoms with Crippen LogP contribution in [0.25, 0.3) is 0 Å². The first-order chi connectivity index (χ1) is 5.11. The van der Waals surface area contributed by atoms with E-state index >= 15 is 0 Å². The van der Waals surface area contributed by atoms with Crippen molar-refractivity contribution in [3.63, 3.8) is 0 Å². The molecule has 1 rings (SSSR count). The molecule has 0 aromatic carbocycles. The van der Waals surface area contributed by atoms with E-state index in [9.17, 15) is 0 Å². The second-order valence-electron chi connectivity index (χ2n) is 4.07. The van der Waals surface area contributed by atoms with Crippen LogP contribution in [0.4, 0.5) is 0 Å². The maximum atomic E-state index is 5.42. The van der Waals surface area contributed by atoms with Crippen molar-refractivity contribution >= 4 is 0 Å². The predicted octanol–water partition coefficient (Wildman–Crippen LogP) is 1.61. The molecule has 0 aliphatic carbocycles. The average molecular weight is 157 g/mol. The lowest BCUT2D eigenvalue weighted by atomic mass is 10.1. The molecular weight excluding hydrogens is 138 g/mol.